The first-order valence-corrected chi connectivity index (χ1v) is 10.2. The number of sulfonamides is 1. The van der Waals surface area contributed by atoms with Crippen LogP contribution in [-0.2, 0) is 29.4 Å². The summed E-state index contributed by atoms with van der Waals surface area (Å²) in [5, 5.41) is 0. The van der Waals surface area contributed by atoms with E-state index in [-0.39, 0.29) is 15.7 Å². The van der Waals surface area contributed by atoms with Crippen LogP contribution in [0.15, 0.2) is 28.0 Å². The Morgan fingerprint density at radius 2 is 1.74 bits per heavy atom. The number of carbonyl (C=O) groups excluding carboxylic acids is 1. The fraction of sp³-hybridized carbons (Fsp3) is 0.500. The standard InChI is InChI=1S/C14H21NO6S2/c1-9(2)13(14(16)21-4)15-23(19,20)12-8-11(22(5,17)18)7-6-10(12)3/h6-9,13,15H,1-5H3/t13-/m0/s1. The molecule has 0 aromatic heterocycles. The average Bonchev–Trinajstić information content (AvgIpc) is 2.42. The van der Waals surface area contributed by atoms with Gasteiger partial charge in [-0.15, -0.1) is 0 Å². The lowest BCUT2D eigenvalue weighted by Crippen LogP contribution is -2.45. The van der Waals surface area contributed by atoms with E-state index in [9.17, 15) is 21.6 Å². The van der Waals surface area contributed by atoms with E-state index in [0.717, 1.165) is 12.3 Å². The van der Waals surface area contributed by atoms with Crippen LogP contribution in [0.1, 0.15) is 19.4 Å². The van der Waals surface area contributed by atoms with Crippen LogP contribution in [0.4, 0.5) is 0 Å². The molecule has 1 aromatic carbocycles. The van der Waals surface area contributed by atoms with E-state index in [0.29, 0.717) is 5.56 Å². The minimum atomic E-state index is -4.09. The van der Waals surface area contributed by atoms with E-state index < -0.39 is 31.9 Å². The zero-order chi connectivity index (χ0) is 18.0. The number of methoxy groups -OCH3 is 1. The topological polar surface area (TPSA) is 107 Å². The molecule has 0 amide bonds. The molecule has 130 valence electrons. The Kier molecular flexibility index (Phi) is 5.95. The molecule has 0 aliphatic carbocycles. The van der Waals surface area contributed by atoms with Gasteiger partial charge in [0.25, 0.3) is 0 Å². The maximum atomic E-state index is 12.6. The molecule has 0 aliphatic heterocycles. The lowest BCUT2D eigenvalue weighted by molar-refractivity contribution is -0.143. The largest absolute Gasteiger partial charge is 0.468 e. The molecule has 1 aromatic rings. The lowest BCUT2D eigenvalue weighted by atomic mass is 10.1. The SMILES string of the molecule is COC(=O)[C@@H](NS(=O)(=O)c1cc(S(C)(=O)=O)ccc1C)C(C)C. The Labute approximate surface area is 137 Å². The highest BCUT2D eigenvalue weighted by atomic mass is 32.2. The van der Waals surface area contributed by atoms with Crippen molar-refractivity contribution < 1.29 is 26.4 Å². The number of benzene rings is 1. The van der Waals surface area contributed by atoms with Gasteiger partial charge in [0.05, 0.1) is 16.9 Å². The van der Waals surface area contributed by atoms with Crippen molar-refractivity contribution in [1.82, 2.24) is 4.72 Å². The Hall–Kier alpha value is -1.45. The second kappa shape index (κ2) is 6.98. The highest BCUT2D eigenvalue weighted by molar-refractivity contribution is 7.91. The summed E-state index contributed by atoms with van der Waals surface area (Å²) in [7, 11) is -6.47. The van der Waals surface area contributed by atoms with Crippen molar-refractivity contribution in [2.24, 2.45) is 5.92 Å². The molecule has 0 radical (unpaired) electrons. The number of hydrogen-bond donors (Lipinski definition) is 1. The molecule has 0 saturated carbocycles. The monoisotopic (exact) mass is 363 g/mol. The third-order valence-electron chi connectivity index (χ3n) is 3.28. The summed E-state index contributed by atoms with van der Waals surface area (Å²) in [4.78, 5) is 11.4. The van der Waals surface area contributed by atoms with E-state index in [1.54, 1.807) is 20.8 Å². The zero-order valence-corrected chi connectivity index (χ0v) is 15.3. The smallest absolute Gasteiger partial charge is 0.324 e. The van der Waals surface area contributed by atoms with Crippen LogP contribution in [0.25, 0.3) is 0 Å². The van der Waals surface area contributed by atoms with Crippen LogP contribution in [0.5, 0.6) is 0 Å². The maximum absolute atomic E-state index is 12.6. The number of nitrogens with one attached hydrogen (secondary N) is 1. The fourth-order valence-electron chi connectivity index (χ4n) is 1.91. The van der Waals surface area contributed by atoms with E-state index in [1.165, 1.54) is 19.2 Å². The second-order valence-electron chi connectivity index (χ2n) is 5.57. The van der Waals surface area contributed by atoms with Gasteiger partial charge in [-0.3, -0.25) is 4.79 Å². The number of aryl methyl sites for hydroxylation is 1. The van der Waals surface area contributed by atoms with Crippen molar-refractivity contribution in [2.75, 3.05) is 13.4 Å². The van der Waals surface area contributed by atoms with E-state index in [4.69, 9.17) is 0 Å². The van der Waals surface area contributed by atoms with Gasteiger partial charge < -0.3 is 4.74 Å². The maximum Gasteiger partial charge on any atom is 0.324 e. The zero-order valence-electron chi connectivity index (χ0n) is 13.7. The Morgan fingerprint density at radius 1 is 1.17 bits per heavy atom. The number of carbonyl (C=O) groups is 1. The second-order valence-corrected chi connectivity index (χ2v) is 9.26. The van der Waals surface area contributed by atoms with E-state index >= 15 is 0 Å². The summed E-state index contributed by atoms with van der Waals surface area (Å²) < 4.78 is 55.2. The molecule has 23 heavy (non-hydrogen) atoms. The summed E-state index contributed by atoms with van der Waals surface area (Å²) in [5.41, 5.74) is 0.372. The molecule has 0 spiro atoms. The molecule has 0 fully saturated rings. The first-order valence-electron chi connectivity index (χ1n) is 6.81. The molecule has 0 aliphatic rings. The molecule has 1 rings (SSSR count). The van der Waals surface area contributed by atoms with Crippen molar-refractivity contribution in [3.63, 3.8) is 0 Å². The predicted molar refractivity (Wildman–Crippen MR) is 85.3 cm³/mol. The molecular weight excluding hydrogens is 342 g/mol. The lowest BCUT2D eigenvalue weighted by Gasteiger charge is -2.20. The van der Waals surface area contributed by atoms with E-state index in [2.05, 4.69) is 9.46 Å². The van der Waals surface area contributed by atoms with Crippen LogP contribution < -0.4 is 4.72 Å². The Balaban J connectivity index is 3.36. The summed E-state index contributed by atoms with van der Waals surface area (Å²) in [6, 6.07) is 2.77. The molecule has 0 unspecified atom stereocenters. The fourth-order valence-corrected chi connectivity index (χ4v) is 4.24. The number of sulfone groups is 1. The molecule has 7 nitrogen and oxygen atoms in total. The summed E-state index contributed by atoms with van der Waals surface area (Å²) in [6.07, 6.45) is 0.993. The van der Waals surface area contributed by atoms with Crippen molar-refractivity contribution in [3.05, 3.63) is 23.8 Å². The molecule has 0 saturated heterocycles. The molecule has 9 heteroatoms. The molecule has 1 atom stereocenters. The van der Waals surface area contributed by atoms with Crippen LogP contribution >= 0.6 is 0 Å². The van der Waals surface area contributed by atoms with Crippen molar-refractivity contribution >= 4 is 25.8 Å². The van der Waals surface area contributed by atoms with Gasteiger partial charge >= 0.3 is 5.97 Å². The van der Waals surface area contributed by atoms with E-state index in [1.807, 2.05) is 0 Å². The van der Waals surface area contributed by atoms with Gasteiger partial charge in [-0.25, -0.2) is 16.8 Å². The summed E-state index contributed by atoms with van der Waals surface area (Å²) in [6.45, 7) is 4.89. The normalized spacial score (nSPS) is 13.8. The minimum Gasteiger partial charge on any atom is -0.468 e. The summed E-state index contributed by atoms with van der Waals surface area (Å²) in [5.74, 6) is -1.05. The van der Waals surface area contributed by atoms with Gasteiger partial charge in [-0.1, -0.05) is 19.9 Å². The number of ether oxygens (including phenoxy) is 1. The van der Waals surface area contributed by atoms with Gasteiger partial charge in [-0.2, -0.15) is 4.72 Å². The molecular formula is C14H21NO6S2. The molecule has 1 N–H and O–H groups in total. The van der Waals surface area contributed by atoms with Gasteiger partial charge in [0.1, 0.15) is 6.04 Å². The number of esters is 1. The predicted octanol–water partition coefficient (Wildman–Crippen LogP) is 0.874. The first-order chi connectivity index (χ1) is 10.4. The van der Waals surface area contributed by atoms with Crippen LogP contribution in [-0.4, -0.2) is 42.2 Å². The van der Waals surface area contributed by atoms with Gasteiger partial charge in [0, 0.05) is 6.26 Å². The van der Waals surface area contributed by atoms with Crippen molar-refractivity contribution in [2.45, 2.75) is 36.6 Å². The van der Waals surface area contributed by atoms with Crippen molar-refractivity contribution in [3.8, 4) is 0 Å². The third-order valence-corrected chi connectivity index (χ3v) is 5.97. The highest BCUT2D eigenvalue weighted by Crippen LogP contribution is 2.21. The highest BCUT2D eigenvalue weighted by Gasteiger charge is 2.30. The number of rotatable bonds is 6. The van der Waals surface area contributed by atoms with Crippen LogP contribution in [0.3, 0.4) is 0 Å². The Bertz CT molecular complexity index is 797. The van der Waals surface area contributed by atoms with Crippen molar-refractivity contribution in [1.29, 1.82) is 0 Å². The van der Waals surface area contributed by atoms with Gasteiger partial charge in [0.15, 0.2) is 9.84 Å². The van der Waals surface area contributed by atoms with Crippen LogP contribution in [0.2, 0.25) is 0 Å². The Morgan fingerprint density at radius 3 is 2.17 bits per heavy atom. The van der Waals surface area contributed by atoms with Gasteiger partial charge in [-0.05, 0) is 30.5 Å². The number of hydrogen-bond acceptors (Lipinski definition) is 6. The first kappa shape index (κ1) is 19.6. The average molecular weight is 363 g/mol. The van der Waals surface area contributed by atoms with Crippen LogP contribution in [0, 0.1) is 12.8 Å². The summed E-state index contributed by atoms with van der Waals surface area (Å²) >= 11 is 0. The molecule has 0 heterocycles. The third kappa shape index (κ3) is 4.76. The quantitative estimate of drug-likeness (QED) is 0.752. The minimum absolute atomic E-state index is 0.109. The molecule has 0 bridgehead atoms. The van der Waals surface area contributed by atoms with Gasteiger partial charge in [0.2, 0.25) is 10.0 Å².